The summed E-state index contributed by atoms with van der Waals surface area (Å²) < 4.78 is 24.2. The van der Waals surface area contributed by atoms with Gasteiger partial charge in [0.15, 0.2) is 9.84 Å². The summed E-state index contributed by atoms with van der Waals surface area (Å²) in [6.07, 6.45) is 0. The van der Waals surface area contributed by atoms with Crippen LogP contribution in [0.5, 0.6) is 0 Å². The summed E-state index contributed by atoms with van der Waals surface area (Å²) in [7, 11) is -3.14. The number of hydrogen-bond donors (Lipinski definition) is 1. The molecule has 0 atom stereocenters. The fourth-order valence-corrected chi connectivity index (χ4v) is 3.41. The molecule has 3 nitrogen and oxygen atoms in total. The number of benzene rings is 2. The smallest absolute Gasteiger partial charge is 0.158 e. The Labute approximate surface area is 114 Å². The van der Waals surface area contributed by atoms with Crippen molar-refractivity contribution < 1.29 is 8.42 Å². The lowest BCUT2D eigenvalue weighted by molar-refractivity contribution is 0.594. The highest BCUT2D eigenvalue weighted by Crippen LogP contribution is 2.13. The third-order valence-corrected chi connectivity index (χ3v) is 4.42. The molecule has 100 valence electrons. The minimum atomic E-state index is -3.14. The maximum atomic E-state index is 12.1. The van der Waals surface area contributed by atoms with Gasteiger partial charge in [0.2, 0.25) is 0 Å². The third-order valence-electron chi connectivity index (χ3n) is 2.87. The molecule has 2 rings (SSSR count). The van der Waals surface area contributed by atoms with Crippen LogP contribution in [0.2, 0.25) is 0 Å². The summed E-state index contributed by atoms with van der Waals surface area (Å²) in [6, 6.07) is 16.6. The second kappa shape index (κ2) is 5.99. The zero-order chi connectivity index (χ0) is 13.7. The molecule has 0 aliphatic rings. The van der Waals surface area contributed by atoms with E-state index in [0.717, 1.165) is 16.7 Å². The Hall–Kier alpha value is -1.65. The van der Waals surface area contributed by atoms with Crippen LogP contribution in [0.25, 0.3) is 0 Å². The summed E-state index contributed by atoms with van der Waals surface area (Å²) in [5.41, 5.74) is 8.13. The highest BCUT2D eigenvalue weighted by molar-refractivity contribution is 7.89. The predicted octanol–water partition coefficient (Wildman–Crippen LogP) is 2.26. The van der Waals surface area contributed by atoms with Crippen LogP contribution in [0.1, 0.15) is 16.7 Å². The Morgan fingerprint density at radius 2 is 1.21 bits per heavy atom. The van der Waals surface area contributed by atoms with Crippen molar-refractivity contribution in [3.63, 3.8) is 0 Å². The fraction of sp³-hybridized carbons (Fsp3) is 0.200. The molecule has 0 saturated heterocycles. The number of sulfone groups is 1. The van der Waals surface area contributed by atoms with E-state index in [1.54, 1.807) is 0 Å². The molecular weight excluding hydrogens is 258 g/mol. The lowest BCUT2D eigenvalue weighted by atomic mass is 10.1. The Morgan fingerprint density at radius 3 is 1.74 bits per heavy atom. The SMILES string of the molecule is NCc1ccc(CS(=O)(=O)Cc2ccccc2)cc1. The van der Waals surface area contributed by atoms with E-state index in [2.05, 4.69) is 0 Å². The van der Waals surface area contributed by atoms with Gasteiger partial charge in [-0.1, -0.05) is 54.6 Å². The van der Waals surface area contributed by atoms with Crippen molar-refractivity contribution >= 4 is 9.84 Å². The van der Waals surface area contributed by atoms with Gasteiger partial charge in [0.05, 0.1) is 11.5 Å². The van der Waals surface area contributed by atoms with Crippen molar-refractivity contribution in [2.24, 2.45) is 5.73 Å². The second-order valence-corrected chi connectivity index (χ2v) is 6.60. The molecule has 0 radical (unpaired) electrons. The third kappa shape index (κ3) is 4.19. The second-order valence-electron chi connectivity index (χ2n) is 4.54. The Morgan fingerprint density at radius 1 is 0.737 bits per heavy atom. The van der Waals surface area contributed by atoms with Gasteiger partial charge in [-0.3, -0.25) is 0 Å². The lowest BCUT2D eigenvalue weighted by Gasteiger charge is -2.05. The number of nitrogens with two attached hydrogens (primary N) is 1. The van der Waals surface area contributed by atoms with Crippen LogP contribution in [0.3, 0.4) is 0 Å². The monoisotopic (exact) mass is 275 g/mol. The van der Waals surface area contributed by atoms with Gasteiger partial charge in [-0.25, -0.2) is 8.42 Å². The van der Waals surface area contributed by atoms with Gasteiger partial charge in [0.25, 0.3) is 0 Å². The van der Waals surface area contributed by atoms with E-state index >= 15 is 0 Å². The molecule has 0 aromatic heterocycles. The van der Waals surface area contributed by atoms with E-state index in [9.17, 15) is 8.42 Å². The molecule has 0 spiro atoms. The Balaban J connectivity index is 2.08. The van der Waals surface area contributed by atoms with Crippen molar-refractivity contribution in [3.05, 3.63) is 71.3 Å². The van der Waals surface area contributed by atoms with Gasteiger partial charge >= 0.3 is 0 Å². The molecule has 19 heavy (non-hydrogen) atoms. The molecule has 0 aliphatic heterocycles. The zero-order valence-electron chi connectivity index (χ0n) is 10.6. The van der Waals surface area contributed by atoms with E-state index in [1.807, 2.05) is 54.6 Å². The van der Waals surface area contributed by atoms with Crippen molar-refractivity contribution in [1.29, 1.82) is 0 Å². The normalized spacial score (nSPS) is 11.4. The lowest BCUT2D eigenvalue weighted by Crippen LogP contribution is -2.07. The number of rotatable bonds is 5. The van der Waals surface area contributed by atoms with E-state index in [0.29, 0.717) is 6.54 Å². The maximum Gasteiger partial charge on any atom is 0.158 e. The van der Waals surface area contributed by atoms with Gasteiger partial charge in [-0.15, -0.1) is 0 Å². The predicted molar refractivity (Wildman–Crippen MR) is 77.1 cm³/mol. The first-order chi connectivity index (χ1) is 9.09. The van der Waals surface area contributed by atoms with Crippen molar-refractivity contribution in [2.75, 3.05) is 0 Å². The van der Waals surface area contributed by atoms with Crippen molar-refractivity contribution in [1.82, 2.24) is 0 Å². The Kier molecular flexibility index (Phi) is 4.35. The average molecular weight is 275 g/mol. The molecule has 4 heteroatoms. The first-order valence-corrected chi connectivity index (χ1v) is 7.93. The van der Waals surface area contributed by atoms with Crippen LogP contribution in [-0.4, -0.2) is 8.42 Å². The summed E-state index contributed by atoms with van der Waals surface area (Å²) in [5, 5.41) is 0. The van der Waals surface area contributed by atoms with Gasteiger partial charge in [-0.05, 0) is 16.7 Å². The van der Waals surface area contributed by atoms with Gasteiger partial charge in [-0.2, -0.15) is 0 Å². The Bertz CT molecular complexity index is 619. The van der Waals surface area contributed by atoms with E-state index in [1.165, 1.54) is 0 Å². The molecule has 0 aliphatic carbocycles. The molecule has 2 N–H and O–H groups in total. The summed E-state index contributed by atoms with van der Waals surface area (Å²) in [5.74, 6) is 0.138. The molecule has 0 amide bonds. The van der Waals surface area contributed by atoms with Crippen LogP contribution in [0, 0.1) is 0 Å². The van der Waals surface area contributed by atoms with Gasteiger partial charge < -0.3 is 5.73 Å². The minimum absolute atomic E-state index is 0.0622. The number of hydrogen-bond acceptors (Lipinski definition) is 3. The summed E-state index contributed by atoms with van der Waals surface area (Å²) >= 11 is 0. The van der Waals surface area contributed by atoms with Gasteiger partial charge in [0.1, 0.15) is 0 Å². The minimum Gasteiger partial charge on any atom is -0.326 e. The molecule has 2 aromatic rings. The van der Waals surface area contributed by atoms with E-state index in [4.69, 9.17) is 5.73 Å². The first kappa shape index (κ1) is 13.8. The molecule has 0 saturated carbocycles. The van der Waals surface area contributed by atoms with Crippen LogP contribution in [0.15, 0.2) is 54.6 Å². The van der Waals surface area contributed by atoms with Crippen LogP contribution >= 0.6 is 0 Å². The van der Waals surface area contributed by atoms with Crippen molar-refractivity contribution in [3.8, 4) is 0 Å². The standard InChI is InChI=1S/C15H17NO2S/c16-10-13-6-8-15(9-7-13)12-19(17,18)11-14-4-2-1-3-5-14/h1-9H,10-12,16H2. The molecule has 2 aromatic carbocycles. The van der Waals surface area contributed by atoms with E-state index < -0.39 is 9.84 Å². The quantitative estimate of drug-likeness (QED) is 0.910. The average Bonchev–Trinajstić information content (AvgIpc) is 2.39. The van der Waals surface area contributed by atoms with Gasteiger partial charge in [0, 0.05) is 6.54 Å². The molecule has 0 fully saturated rings. The molecular formula is C15H17NO2S. The highest BCUT2D eigenvalue weighted by Gasteiger charge is 2.12. The molecule has 0 heterocycles. The maximum absolute atomic E-state index is 12.1. The zero-order valence-corrected chi connectivity index (χ0v) is 11.4. The molecule has 0 bridgehead atoms. The van der Waals surface area contributed by atoms with Crippen LogP contribution < -0.4 is 5.73 Å². The first-order valence-electron chi connectivity index (χ1n) is 6.11. The summed E-state index contributed by atoms with van der Waals surface area (Å²) in [4.78, 5) is 0. The molecule has 0 unspecified atom stereocenters. The summed E-state index contributed by atoms with van der Waals surface area (Å²) in [6.45, 7) is 0.469. The fourth-order valence-electron chi connectivity index (χ4n) is 1.90. The van der Waals surface area contributed by atoms with E-state index in [-0.39, 0.29) is 11.5 Å². The largest absolute Gasteiger partial charge is 0.326 e. The highest BCUT2D eigenvalue weighted by atomic mass is 32.2. The van der Waals surface area contributed by atoms with Crippen LogP contribution in [-0.2, 0) is 27.9 Å². The van der Waals surface area contributed by atoms with Crippen LogP contribution in [0.4, 0.5) is 0 Å². The van der Waals surface area contributed by atoms with Crippen molar-refractivity contribution in [2.45, 2.75) is 18.1 Å². The topological polar surface area (TPSA) is 60.2 Å².